The minimum atomic E-state index is 0.00853. The van der Waals surface area contributed by atoms with Gasteiger partial charge in [-0.3, -0.25) is 0 Å². The summed E-state index contributed by atoms with van der Waals surface area (Å²) in [6, 6.07) is 5.42. The first-order chi connectivity index (χ1) is 10.1. The van der Waals surface area contributed by atoms with Gasteiger partial charge in [0.1, 0.15) is 11.5 Å². The Kier molecular flexibility index (Phi) is 5.48. The van der Waals surface area contributed by atoms with Crippen LogP contribution in [0.2, 0.25) is 0 Å². The summed E-state index contributed by atoms with van der Waals surface area (Å²) in [6.07, 6.45) is 5.83. The molecule has 3 N–H and O–H groups in total. The Morgan fingerprint density at radius 1 is 1.29 bits per heavy atom. The van der Waals surface area contributed by atoms with Crippen LogP contribution in [0.5, 0.6) is 11.5 Å². The van der Waals surface area contributed by atoms with Crippen LogP contribution in [-0.4, -0.2) is 30.5 Å². The molecule has 2 rings (SSSR count). The van der Waals surface area contributed by atoms with Crippen LogP contribution in [-0.2, 0) is 0 Å². The van der Waals surface area contributed by atoms with Gasteiger partial charge in [0.25, 0.3) is 0 Å². The van der Waals surface area contributed by atoms with E-state index in [1.54, 1.807) is 13.2 Å². The maximum absolute atomic E-state index is 10.1. The number of phenols is 1. The van der Waals surface area contributed by atoms with E-state index in [0.29, 0.717) is 5.75 Å². The SMILES string of the molecule is COc1ccc(C(C)NCC2(CO)CCCCC2)c(O)c1. The molecule has 4 heteroatoms. The van der Waals surface area contributed by atoms with Crippen molar-refractivity contribution >= 4 is 0 Å². The van der Waals surface area contributed by atoms with Crippen LogP contribution in [0.25, 0.3) is 0 Å². The summed E-state index contributed by atoms with van der Waals surface area (Å²) < 4.78 is 5.10. The summed E-state index contributed by atoms with van der Waals surface area (Å²) in [4.78, 5) is 0. The number of nitrogens with one attached hydrogen (secondary N) is 1. The Balaban J connectivity index is 1.99. The third kappa shape index (κ3) is 3.89. The van der Waals surface area contributed by atoms with Crippen molar-refractivity contribution in [3.63, 3.8) is 0 Å². The van der Waals surface area contributed by atoms with Gasteiger partial charge >= 0.3 is 0 Å². The topological polar surface area (TPSA) is 61.7 Å². The van der Waals surface area contributed by atoms with Crippen LogP contribution < -0.4 is 10.1 Å². The fourth-order valence-corrected chi connectivity index (χ4v) is 3.19. The van der Waals surface area contributed by atoms with E-state index in [1.165, 1.54) is 19.3 Å². The zero-order valence-electron chi connectivity index (χ0n) is 13.1. The number of ether oxygens (including phenoxy) is 1. The standard InChI is InChI=1S/C17H27NO3/c1-13(15-7-6-14(21-2)10-16(15)20)18-11-17(12-19)8-4-3-5-9-17/h6-7,10,13,18-20H,3-5,8-9,11-12H2,1-2H3. The number of hydrogen-bond acceptors (Lipinski definition) is 4. The van der Waals surface area contributed by atoms with E-state index >= 15 is 0 Å². The average Bonchev–Trinajstić information content (AvgIpc) is 2.53. The van der Waals surface area contributed by atoms with Crippen molar-refractivity contribution in [3.8, 4) is 11.5 Å². The van der Waals surface area contributed by atoms with Crippen LogP contribution in [0, 0.1) is 5.41 Å². The molecule has 0 bridgehead atoms. The van der Waals surface area contributed by atoms with Crippen molar-refractivity contribution in [3.05, 3.63) is 23.8 Å². The molecule has 1 aliphatic carbocycles. The summed E-state index contributed by atoms with van der Waals surface area (Å²) in [6.45, 7) is 3.06. The van der Waals surface area contributed by atoms with Crippen molar-refractivity contribution in [2.24, 2.45) is 5.41 Å². The van der Waals surface area contributed by atoms with E-state index in [4.69, 9.17) is 4.74 Å². The Bertz CT molecular complexity index is 455. The number of hydrogen-bond donors (Lipinski definition) is 3. The first-order valence-corrected chi connectivity index (χ1v) is 7.81. The van der Waals surface area contributed by atoms with Crippen LogP contribution in [0.4, 0.5) is 0 Å². The maximum Gasteiger partial charge on any atom is 0.124 e. The molecule has 0 aliphatic heterocycles. The van der Waals surface area contributed by atoms with E-state index in [1.807, 2.05) is 19.1 Å². The van der Waals surface area contributed by atoms with Gasteiger partial charge in [-0.05, 0) is 25.8 Å². The van der Waals surface area contributed by atoms with E-state index in [-0.39, 0.29) is 23.8 Å². The molecular weight excluding hydrogens is 266 g/mol. The number of rotatable bonds is 6. The monoisotopic (exact) mass is 293 g/mol. The predicted molar refractivity (Wildman–Crippen MR) is 83.7 cm³/mol. The molecule has 0 amide bonds. The van der Waals surface area contributed by atoms with Crippen LogP contribution in [0.15, 0.2) is 18.2 Å². The van der Waals surface area contributed by atoms with Gasteiger partial charge in [-0.2, -0.15) is 0 Å². The second-order valence-corrected chi connectivity index (χ2v) is 6.25. The molecule has 1 aromatic rings. The van der Waals surface area contributed by atoms with E-state index in [2.05, 4.69) is 5.32 Å². The molecule has 0 aromatic heterocycles. The molecular formula is C17H27NO3. The number of aliphatic hydroxyl groups is 1. The largest absolute Gasteiger partial charge is 0.507 e. The van der Waals surface area contributed by atoms with Crippen LogP contribution in [0.3, 0.4) is 0 Å². The molecule has 0 spiro atoms. The lowest BCUT2D eigenvalue weighted by molar-refractivity contribution is 0.0788. The number of benzene rings is 1. The number of phenolic OH excluding ortho intramolecular Hbond substituents is 1. The van der Waals surface area contributed by atoms with Gasteiger partial charge in [0.15, 0.2) is 0 Å². The Hall–Kier alpha value is -1.26. The summed E-state index contributed by atoms with van der Waals surface area (Å²) in [5.41, 5.74) is 0.869. The van der Waals surface area contributed by atoms with Crippen molar-refractivity contribution in [1.29, 1.82) is 0 Å². The lowest BCUT2D eigenvalue weighted by Gasteiger charge is -2.36. The zero-order valence-corrected chi connectivity index (χ0v) is 13.1. The normalized spacial score (nSPS) is 19.2. The van der Waals surface area contributed by atoms with Gasteiger partial charge < -0.3 is 20.3 Å². The quantitative estimate of drug-likeness (QED) is 0.754. The molecule has 0 radical (unpaired) electrons. The minimum absolute atomic E-state index is 0.00853. The third-order valence-electron chi connectivity index (χ3n) is 4.74. The second kappa shape index (κ2) is 7.14. The molecule has 118 valence electrons. The molecule has 1 atom stereocenters. The van der Waals surface area contributed by atoms with Gasteiger partial charge in [-0.1, -0.05) is 25.3 Å². The Morgan fingerprint density at radius 2 is 2.00 bits per heavy atom. The van der Waals surface area contributed by atoms with E-state index in [0.717, 1.165) is 24.9 Å². The molecule has 0 heterocycles. The lowest BCUT2D eigenvalue weighted by Crippen LogP contribution is -2.40. The number of methoxy groups -OCH3 is 1. The van der Waals surface area contributed by atoms with Crippen molar-refractivity contribution < 1.29 is 14.9 Å². The molecule has 1 saturated carbocycles. The Morgan fingerprint density at radius 3 is 2.57 bits per heavy atom. The second-order valence-electron chi connectivity index (χ2n) is 6.25. The first-order valence-electron chi connectivity index (χ1n) is 7.81. The molecule has 1 aromatic carbocycles. The minimum Gasteiger partial charge on any atom is -0.507 e. The van der Waals surface area contributed by atoms with Crippen LogP contribution in [0.1, 0.15) is 50.6 Å². The van der Waals surface area contributed by atoms with Gasteiger partial charge in [0.2, 0.25) is 0 Å². The van der Waals surface area contributed by atoms with Gasteiger partial charge in [-0.25, -0.2) is 0 Å². The average molecular weight is 293 g/mol. The lowest BCUT2D eigenvalue weighted by atomic mass is 9.74. The van der Waals surface area contributed by atoms with Crippen molar-refractivity contribution in [1.82, 2.24) is 5.32 Å². The highest BCUT2D eigenvalue weighted by Crippen LogP contribution is 2.36. The first kappa shape index (κ1) is 16.1. The smallest absolute Gasteiger partial charge is 0.124 e. The number of aromatic hydroxyl groups is 1. The Labute approximate surface area is 127 Å². The molecule has 1 unspecified atom stereocenters. The third-order valence-corrected chi connectivity index (χ3v) is 4.74. The summed E-state index contributed by atoms with van der Waals surface area (Å²) in [5, 5.41) is 23.3. The summed E-state index contributed by atoms with van der Waals surface area (Å²) in [7, 11) is 1.59. The highest BCUT2D eigenvalue weighted by molar-refractivity contribution is 5.41. The molecule has 1 aliphatic rings. The number of aliphatic hydroxyl groups excluding tert-OH is 1. The van der Waals surface area contributed by atoms with Gasteiger partial charge in [0, 0.05) is 36.2 Å². The molecule has 4 nitrogen and oxygen atoms in total. The van der Waals surface area contributed by atoms with Gasteiger partial charge in [-0.15, -0.1) is 0 Å². The highest BCUT2D eigenvalue weighted by Gasteiger charge is 2.31. The predicted octanol–water partition coefficient (Wildman–Crippen LogP) is 2.99. The molecule has 1 fully saturated rings. The van der Waals surface area contributed by atoms with E-state index < -0.39 is 0 Å². The van der Waals surface area contributed by atoms with Gasteiger partial charge in [0.05, 0.1) is 7.11 Å². The highest BCUT2D eigenvalue weighted by atomic mass is 16.5. The van der Waals surface area contributed by atoms with Crippen molar-refractivity contribution in [2.75, 3.05) is 20.3 Å². The fraction of sp³-hybridized carbons (Fsp3) is 0.647. The summed E-state index contributed by atoms with van der Waals surface area (Å²) >= 11 is 0. The zero-order chi connectivity index (χ0) is 15.3. The maximum atomic E-state index is 10.1. The summed E-state index contributed by atoms with van der Waals surface area (Å²) in [5.74, 6) is 0.901. The van der Waals surface area contributed by atoms with Crippen LogP contribution >= 0.6 is 0 Å². The molecule has 21 heavy (non-hydrogen) atoms. The van der Waals surface area contributed by atoms with E-state index in [9.17, 15) is 10.2 Å². The fourth-order valence-electron chi connectivity index (χ4n) is 3.19. The van der Waals surface area contributed by atoms with Crippen molar-refractivity contribution in [2.45, 2.75) is 45.1 Å². The molecule has 0 saturated heterocycles.